The number of benzene rings is 1. The van der Waals surface area contributed by atoms with Crippen LogP contribution in [0.4, 0.5) is 0 Å². The van der Waals surface area contributed by atoms with Gasteiger partial charge in [-0.05, 0) is 67.8 Å². The number of hydrogen-bond acceptors (Lipinski definition) is 2. The molecule has 1 aromatic carbocycles. The summed E-state index contributed by atoms with van der Waals surface area (Å²) in [6.07, 6.45) is 5.13. The zero-order valence-corrected chi connectivity index (χ0v) is 13.9. The predicted octanol–water partition coefficient (Wildman–Crippen LogP) is 3.49. The Balaban J connectivity index is 1.46. The Morgan fingerprint density at radius 2 is 2.05 bits per heavy atom. The van der Waals surface area contributed by atoms with E-state index in [1.54, 1.807) is 0 Å². The molecule has 2 N–H and O–H groups in total. The second-order valence-electron chi connectivity index (χ2n) is 6.90. The highest BCUT2D eigenvalue weighted by molar-refractivity contribution is 6.42. The standard InChI is InChI=1S/C17H20Cl2N2O/c18-13-3-1-10-11(15(13)19)2-4-14(10)21-16(22)12-9-17(12)5-7-20-8-6-17/h1,3,12,14,20H,2,4-9H2,(H,21,22). The van der Waals surface area contributed by atoms with Gasteiger partial charge in [-0.3, -0.25) is 4.79 Å². The van der Waals surface area contributed by atoms with Gasteiger partial charge in [0.25, 0.3) is 0 Å². The van der Waals surface area contributed by atoms with Gasteiger partial charge in [0.05, 0.1) is 16.1 Å². The van der Waals surface area contributed by atoms with Crippen LogP contribution >= 0.6 is 23.2 Å². The van der Waals surface area contributed by atoms with Gasteiger partial charge in [-0.25, -0.2) is 0 Å². The maximum Gasteiger partial charge on any atom is 0.224 e. The Morgan fingerprint density at radius 3 is 2.82 bits per heavy atom. The fourth-order valence-electron chi connectivity index (χ4n) is 4.25. The molecule has 0 radical (unpaired) electrons. The van der Waals surface area contributed by atoms with Crippen LogP contribution in [-0.2, 0) is 11.2 Å². The van der Waals surface area contributed by atoms with Crippen LogP contribution < -0.4 is 10.6 Å². The minimum Gasteiger partial charge on any atom is -0.349 e. The van der Waals surface area contributed by atoms with Crippen molar-refractivity contribution in [2.45, 2.75) is 38.1 Å². The summed E-state index contributed by atoms with van der Waals surface area (Å²) in [5.41, 5.74) is 2.53. The van der Waals surface area contributed by atoms with Gasteiger partial charge >= 0.3 is 0 Å². The van der Waals surface area contributed by atoms with Crippen molar-refractivity contribution in [3.8, 4) is 0 Å². The summed E-state index contributed by atoms with van der Waals surface area (Å²) >= 11 is 12.4. The van der Waals surface area contributed by atoms with E-state index < -0.39 is 0 Å². The van der Waals surface area contributed by atoms with Crippen LogP contribution in [0, 0.1) is 11.3 Å². The minimum absolute atomic E-state index is 0.0941. The molecule has 118 valence electrons. The lowest BCUT2D eigenvalue weighted by Crippen LogP contribution is -2.34. The van der Waals surface area contributed by atoms with E-state index in [0.717, 1.165) is 56.3 Å². The summed E-state index contributed by atoms with van der Waals surface area (Å²) in [5, 5.41) is 7.88. The number of carbonyl (C=O) groups is 1. The van der Waals surface area contributed by atoms with E-state index in [4.69, 9.17) is 23.2 Å². The predicted molar refractivity (Wildman–Crippen MR) is 88.3 cm³/mol. The molecule has 0 bridgehead atoms. The summed E-state index contributed by atoms with van der Waals surface area (Å²) in [6.45, 7) is 2.09. The molecule has 5 heteroatoms. The Hall–Kier alpha value is -0.770. The number of carbonyl (C=O) groups excluding carboxylic acids is 1. The Kier molecular flexibility index (Phi) is 3.63. The second kappa shape index (κ2) is 5.40. The normalized spacial score (nSPS) is 28.5. The third-order valence-electron chi connectivity index (χ3n) is 5.71. The summed E-state index contributed by atoms with van der Waals surface area (Å²) in [5.74, 6) is 0.437. The largest absolute Gasteiger partial charge is 0.349 e. The lowest BCUT2D eigenvalue weighted by atomic mass is 9.91. The molecule has 1 amide bonds. The quantitative estimate of drug-likeness (QED) is 0.866. The first kappa shape index (κ1) is 14.8. The summed E-state index contributed by atoms with van der Waals surface area (Å²) < 4.78 is 0. The molecular weight excluding hydrogens is 319 g/mol. The number of hydrogen-bond donors (Lipinski definition) is 2. The van der Waals surface area contributed by atoms with Gasteiger partial charge in [-0.2, -0.15) is 0 Å². The molecule has 2 unspecified atom stereocenters. The Bertz CT molecular complexity index is 625. The van der Waals surface area contributed by atoms with Crippen LogP contribution in [0.2, 0.25) is 10.0 Å². The number of fused-ring (bicyclic) bond motifs is 1. The van der Waals surface area contributed by atoms with Crippen LogP contribution in [0.3, 0.4) is 0 Å². The fraction of sp³-hybridized carbons (Fsp3) is 0.588. The first-order valence-electron chi connectivity index (χ1n) is 8.09. The monoisotopic (exact) mass is 338 g/mol. The van der Waals surface area contributed by atoms with Crippen molar-refractivity contribution in [2.24, 2.45) is 11.3 Å². The van der Waals surface area contributed by atoms with Gasteiger partial charge < -0.3 is 10.6 Å². The maximum absolute atomic E-state index is 12.6. The molecule has 1 saturated carbocycles. The molecule has 2 fully saturated rings. The third kappa shape index (κ3) is 2.34. The molecule has 1 aromatic rings. The lowest BCUT2D eigenvalue weighted by molar-refractivity contribution is -0.124. The van der Waals surface area contributed by atoms with Gasteiger partial charge in [0.1, 0.15) is 0 Å². The van der Waals surface area contributed by atoms with E-state index >= 15 is 0 Å². The van der Waals surface area contributed by atoms with E-state index in [0.29, 0.717) is 10.0 Å². The van der Waals surface area contributed by atoms with E-state index in [9.17, 15) is 4.79 Å². The first-order chi connectivity index (χ1) is 10.6. The Morgan fingerprint density at radius 1 is 1.27 bits per heavy atom. The van der Waals surface area contributed by atoms with Crippen LogP contribution in [0.5, 0.6) is 0 Å². The summed E-state index contributed by atoms with van der Waals surface area (Å²) in [6, 6.07) is 3.93. The van der Waals surface area contributed by atoms with Gasteiger partial charge in [0.15, 0.2) is 0 Å². The SMILES string of the molecule is O=C(NC1CCc2c1ccc(Cl)c2Cl)C1CC12CCNCC2. The zero-order chi connectivity index (χ0) is 15.3. The molecule has 4 rings (SSSR count). The smallest absolute Gasteiger partial charge is 0.224 e. The second-order valence-corrected chi connectivity index (χ2v) is 7.68. The fourth-order valence-corrected chi connectivity index (χ4v) is 4.69. The molecule has 3 aliphatic rings. The van der Waals surface area contributed by atoms with Crippen molar-refractivity contribution in [3.63, 3.8) is 0 Å². The molecule has 22 heavy (non-hydrogen) atoms. The summed E-state index contributed by atoms with van der Waals surface area (Å²) in [4.78, 5) is 12.6. The highest BCUT2D eigenvalue weighted by Gasteiger charge is 2.57. The van der Waals surface area contributed by atoms with Gasteiger partial charge in [0, 0.05) is 5.92 Å². The molecule has 3 nitrogen and oxygen atoms in total. The average Bonchev–Trinajstić information content (AvgIpc) is 3.05. The van der Waals surface area contributed by atoms with E-state index in [-0.39, 0.29) is 23.3 Å². The molecule has 2 aliphatic carbocycles. The van der Waals surface area contributed by atoms with Crippen molar-refractivity contribution in [3.05, 3.63) is 33.3 Å². The average molecular weight is 339 g/mol. The molecule has 1 aliphatic heterocycles. The topological polar surface area (TPSA) is 41.1 Å². The van der Waals surface area contributed by atoms with Crippen LogP contribution in [0.25, 0.3) is 0 Å². The van der Waals surface area contributed by atoms with E-state index in [1.165, 1.54) is 0 Å². The van der Waals surface area contributed by atoms with Crippen LogP contribution in [0.1, 0.15) is 42.9 Å². The molecule has 1 saturated heterocycles. The zero-order valence-electron chi connectivity index (χ0n) is 12.4. The van der Waals surface area contributed by atoms with Crippen molar-refractivity contribution in [1.82, 2.24) is 10.6 Å². The molecule has 0 aromatic heterocycles. The number of rotatable bonds is 2. The van der Waals surface area contributed by atoms with Crippen LogP contribution in [0.15, 0.2) is 12.1 Å². The van der Waals surface area contributed by atoms with Crippen molar-refractivity contribution >= 4 is 29.1 Å². The minimum atomic E-state index is 0.0941. The van der Waals surface area contributed by atoms with E-state index in [2.05, 4.69) is 10.6 Å². The van der Waals surface area contributed by atoms with Crippen molar-refractivity contribution in [2.75, 3.05) is 13.1 Å². The van der Waals surface area contributed by atoms with Crippen molar-refractivity contribution in [1.29, 1.82) is 0 Å². The molecular formula is C17H20Cl2N2O. The molecule has 1 spiro atoms. The highest BCUT2D eigenvalue weighted by atomic mass is 35.5. The van der Waals surface area contributed by atoms with E-state index in [1.807, 2.05) is 12.1 Å². The number of amides is 1. The van der Waals surface area contributed by atoms with Gasteiger partial charge in [-0.15, -0.1) is 0 Å². The summed E-state index contributed by atoms with van der Waals surface area (Å²) in [7, 11) is 0. The number of piperidine rings is 1. The van der Waals surface area contributed by atoms with Crippen molar-refractivity contribution < 1.29 is 4.79 Å². The lowest BCUT2D eigenvalue weighted by Gasteiger charge is -2.24. The number of halogens is 2. The van der Waals surface area contributed by atoms with Gasteiger partial charge in [-0.1, -0.05) is 29.3 Å². The van der Waals surface area contributed by atoms with Gasteiger partial charge in [0.2, 0.25) is 5.91 Å². The Labute approximate surface area is 140 Å². The van der Waals surface area contributed by atoms with Crippen LogP contribution in [-0.4, -0.2) is 19.0 Å². The maximum atomic E-state index is 12.6. The highest BCUT2D eigenvalue weighted by Crippen LogP contribution is 2.58. The number of nitrogens with one attached hydrogen (secondary N) is 2. The molecule has 1 heterocycles. The first-order valence-corrected chi connectivity index (χ1v) is 8.84. The molecule has 2 atom stereocenters. The third-order valence-corrected chi connectivity index (χ3v) is 6.56.